The van der Waals surface area contributed by atoms with Crippen LogP contribution in [0.25, 0.3) is 11.0 Å². The first-order chi connectivity index (χ1) is 12.8. The third-order valence-corrected chi connectivity index (χ3v) is 5.93. The number of furan rings is 1. The van der Waals surface area contributed by atoms with Crippen LogP contribution >= 0.6 is 0 Å². The lowest BCUT2D eigenvalue weighted by Crippen LogP contribution is -2.43. The molecule has 134 valence electrons. The molecule has 5 heterocycles. The number of fused-ring (bicyclic) bond motifs is 5. The smallest absolute Gasteiger partial charge is 0.133 e. The SMILES string of the molecule is c1cncc(CN2C[C@H]3CC[C@@H](C2)N(Cc2ccc4occc4c2)C3)c1. The maximum absolute atomic E-state index is 5.48. The Kier molecular flexibility index (Phi) is 4.23. The van der Waals surface area contributed by atoms with Gasteiger partial charge >= 0.3 is 0 Å². The van der Waals surface area contributed by atoms with Crippen LogP contribution in [0.15, 0.2) is 59.5 Å². The van der Waals surface area contributed by atoms with Crippen LogP contribution in [0.5, 0.6) is 0 Å². The van der Waals surface area contributed by atoms with E-state index in [1.165, 1.54) is 49.0 Å². The fourth-order valence-electron chi connectivity index (χ4n) is 4.70. The van der Waals surface area contributed by atoms with Gasteiger partial charge in [-0.15, -0.1) is 0 Å². The first-order valence-electron chi connectivity index (χ1n) is 9.65. The Morgan fingerprint density at radius 2 is 2.00 bits per heavy atom. The van der Waals surface area contributed by atoms with Crippen molar-refractivity contribution in [1.82, 2.24) is 14.8 Å². The van der Waals surface area contributed by atoms with Crippen LogP contribution in [-0.4, -0.2) is 40.5 Å². The van der Waals surface area contributed by atoms with Gasteiger partial charge in [-0.3, -0.25) is 14.8 Å². The highest BCUT2D eigenvalue weighted by molar-refractivity contribution is 5.77. The fourth-order valence-corrected chi connectivity index (χ4v) is 4.70. The highest BCUT2D eigenvalue weighted by Gasteiger charge is 2.34. The molecule has 6 rings (SSSR count). The summed E-state index contributed by atoms with van der Waals surface area (Å²) in [5.41, 5.74) is 3.70. The highest BCUT2D eigenvalue weighted by atomic mass is 16.3. The lowest BCUT2D eigenvalue weighted by atomic mass is 9.94. The van der Waals surface area contributed by atoms with Gasteiger partial charge in [0, 0.05) is 56.5 Å². The van der Waals surface area contributed by atoms with Gasteiger partial charge in [0.1, 0.15) is 5.58 Å². The molecule has 3 fully saturated rings. The average Bonchev–Trinajstić information content (AvgIpc) is 2.96. The number of pyridine rings is 1. The zero-order valence-corrected chi connectivity index (χ0v) is 15.1. The normalized spacial score (nSPS) is 24.2. The van der Waals surface area contributed by atoms with Crippen LogP contribution < -0.4 is 0 Å². The van der Waals surface area contributed by atoms with E-state index in [-0.39, 0.29) is 0 Å². The summed E-state index contributed by atoms with van der Waals surface area (Å²) < 4.78 is 5.48. The minimum atomic E-state index is 0.658. The molecule has 26 heavy (non-hydrogen) atoms. The van der Waals surface area contributed by atoms with E-state index in [9.17, 15) is 0 Å². The Morgan fingerprint density at radius 3 is 2.92 bits per heavy atom. The van der Waals surface area contributed by atoms with Crippen molar-refractivity contribution in [3.63, 3.8) is 0 Å². The molecule has 1 aromatic carbocycles. The van der Waals surface area contributed by atoms with E-state index < -0.39 is 0 Å². The number of aromatic nitrogens is 1. The number of hydrogen-bond donors (Lipinski definition) is 0. The van der Waals surface area contributed by atoms with Gasteiger partial charge in [0.2, 0.25) is 0 Å². The average molecular weight is 347 g/mol. The minimum absolute atomic E-state index is 0.658. The van der Waals surface area contributed by atoms with Crippen molar-refractivity contribution in [1.29, 1.82) is 0 Å². The Balaban J connectivity index is 1.30. The minimum Gasteiger partial charge on any atom is -0.464 e. The molecule has 3 aliphatic heterocycles. The molecule has 0 spiro atoms. The molecular formula is C22H25N3O. The van der Waals surface area contributed by atoms with E-state index in [1.54, 1.807) is 6.26 Å². The molecule has 4 nitrogen and oxygen atoms in total. The Bertz CT molecular complexity index is 875. The van der Waals surface area contributed by atoms with Gasteiger partial charge in [-0.05, 0) is 54.2 Å². The number of nitrogens with zero attached hydrogens (tertiary/aromatic N) is 3. The van der Waals surface area contributed by atoms with Crippen LogP contribution in [-0.2, 0) is 13.1 Å². The van der Waals surface area contributed by atoms with Crippen LogP contribution in [0.2, 0.25) is 0 Å². The summed E-state index contributed by atoms with van der Waals surface area (Å²) in [6.07, 6.45) is 8.32. The van der Waals surface area contributed by atoms with Crippen LogP contribution in [0.1, 0.15) is 24.0 Å². The zero-order chi connectivity index (χ0) is 17.3. The fraction of sp³-hybridized carbons (Fsp3) is 0.409. The molecule has 0 N–H and O–H groups in total. The predicted octanol–water partition coefficient (Wildman–Crippen LogP) is 3.92. The van der Waals surface area contributed by atoms with Crippen LogP contribution in [0.4, 0.5) is 0 Å². The first-order valence-corrected chi connectivity index (χ1v) is 9.65. The van der Waals surface area contributed by atoms with Crippen molar-refractivity contribution in [2.24, 2.45) is 5.92 Å². The number of piperidine rings is 1. The third kappa shape index (κ3) is 3.27. The van der Waals surface area contributed by atoms with Crippen molar-refractivity contribution in [2.75, 3.05) is 19.6 Å². The molecule has 2 atom stereocenters. The molecule has 0 radical (unpaired) electrons. The van der Waals surface area contributed by atoms with Gasteiger partial charge in [0.15, 0.2) is 0 Å². The van der Waals surface area contributed by atoms with E-state index in [0.29, 0.717) is 6.04 Å². The molecule has 4 heteroatoms. The number of hydrogen-bond acceptors (Lipinski definition) is 4. The lowest BCUT2D eigenvalue weighted by molar-refractivity contribution is 0.123. The second kappa shape index (κ2) is 6.86. The Hall–Kier alpha value is -2.17. The van der Waals surface area contributed by atoms with E-state index in [0.717, 1.165) is 24.6 Å². The number of rotatable bonds is 4. The molecule has 0 unspecified atom stereocenters. The van der Waals surface area contributed by atoms with Crippen molar-refractivity contribution >= 4 is 11.0 Å². The maximum Gasteiger partial charge on any atom is 0.133 e. The standard InChI is InChI=1S/C22H25N3O/c1-2-18(11-23-8-1)12-24-13-19-3-5-21(16-24)25(15-19)14-17-4-6-22-20(10-17)7-9-26-22/h1-2,4,6-11,19,21H,3,5,12-16H2/t19-,21+/m1/s1. The molecule has 3 aliphatic rings. The van der Waals surface area contributed by atoms with Crippen molar-refractivity contribution < 1.29 is 4.42 Å². The van der Waals surface area contributed by atoms with Gasteiger partial charge in [0.25, 0.3) is 0 Å². The second-order valence-electron chi connectivity index (χ2n) is 7.87. The summed E-state index contributed by atoms with van der Waals surface area (Å²) in [4.78, 5) is 9.62. The Labute approximate surface area is 154 Å². The van der Waals surface area contributed by atoms with Gasteiger partial charge in [-0.25, -0.2) is 0 Å². The molecule has 2 aromatic heterocycles. The van der Waals surface area contributed by atoms with Crippen LogP contribution in [0, 0.1) is 5.92 Å². The summed E-state index contributed by atoms with van der Waals surface area (Å²) >= 11 is 0. The summed E-state index contributed by atoms with van der Waals surface area (Å²) in [5, 5.41) is 1.21. The summed E-state index contributed by atoms with van der Waals surface area (Å²) in [6.45, 7) is 5.66. The lowest BCUT2D eigenvalue weighted by Gasteiger charge is -2.36. The van der Waals surface area contributed by atoms with E-state index in [2.05, 4.69) is 45.1 Å². The topological polar surface area (TPSA) is 32.5 Å². The first kappa shape index (κ1) is 16.0. The number of benzene rings is 1. The van der Waals surface area contributed by atoms with Crippen molar-refractivity contribution in [2.45, 2.75) is 32.0 Å². The monoisotopic (exact) mass is 347 g/mol. The molecule has 2 bridgehead atoms. The van der Waals surface area contributed by atoms with E-state index in [4.69, 9.17) is 4.42 Å². The second-order valence-corrected chi connectivity index (χ2v) is 7.87. The van der Waals surface area contributed by atoms with Gasteiger partial charge in [-0.2, -0.15) is 0 Å². The summed E-state index contributed by atoms with van der Waals surface area (Å²) in [7, 11) is 0. The summed E-state index contributed by atoms with van der Waals surface area (Å²) in [5.74, 6) is 0.781. The Morgan fingerprint density at radius 1 is 1.00 bits per heavy atom. The molecule has 3 saturated heterocycles. The highest BCUT2D eigenvalue weighted by Crippen LogP contribution is 2.30. The molecule has 3 aromatic rings. The molecular weight excluding hydrogens is 322 g/mol. The van der Waals surface area contributed by atoms with Gasteiger partial charge in [0.05, 0.1) is 6.26 Å². The van der Waals surface area contributed by atoms with Crippen molar-refractivity contribution in [3.05, 3.63) is 66.2 Å². The molecule has 0 amide bonds. The molecule has 0 saturated carbocycles. The predicted molar refractivity (Wildman–Crippen MR) is 103 cm³/mol. The third-order valence-electron chi connectivity index (χ3n) is 5.93. The van der Waals surface area contributed by atoms with Crippen molar-refractivity contribution in [3.8, 4) is 0 Å². The maximum atomic E-state index is 5.48. The van der Waals surface area contributed by atoms with E-state index >= 15 is 0 Å². The molecule has 0 aliphatic carbocycles. The van der Waals surface area contributed by atoms with Gasteiger partial charge in [-0.1, -0.05) is 12.1 Å². The zero-order valence-electron chi connectivity index (χ0n) is 15.1. The summed E-state index contributed by atoms with van der Waals surface area (Å²) in [6, 6.07) is 13.6. The quantitative estimate of drug-likeness (QED) is 0.716. The largest absolute Gasteiger partial charge is 0.464 e. The van der Waals surface area contributed by atoms with Gasteiger partial charge < -0.3 is 4.42 Å². The van der Waals surface area contributed by atoms with Crippen LogP contribution in [0.3, 0.4) is 0 Å². The van der Waals surface area contributed by atoms with E-state index in [1.807, 2.05) is 18.5 Å².